The predicted molar refractivity (Wildman–Crippen MR) is 68.6 cm³/mol. The lowest BCUT2D eigenvalue weighted by Gasteiger charge is -2.06. The van der Waals surface area contributed by atoms with Crippen molar-refractivity contribution in [1.82, 2.24) is 0 Å². The Morgan fingerprint density at radius 2 is 2.12 bits per heavy atom. The fourth-order valence-electron chi connectivity index (χ4n) is 1.46. The maximum Gasteiger partial charge on any atom is 0.287 e. The van der Waals surface area contributed by atoms with Crippen LogP contribution in [0.15, 0.2) is 39.2 Å². The van der Waals surface area contributed by atoms with Gasteiger partial charge in [0.05, 0.1) is 12.7 Å². The molecular formula is C12H8BrClO3. The number of furan rings is 1. The van der Waals surface area contributed by atoms with Crippen LogP contribution in [0.5, 0.6) is 5.75 Å². The van der Waals surface area contributed by atoms with Gasteiger partial charge in [-0.3, -0.25) is 4.79 Å². The van der Waals surface area contributed by atoms with Crippen molar-refractivity contribution in [1.29, 1.82) is 0 Å². The molecule has 2 aromatic rings. The number of rotatable bonds is 3. The number of ether oxygens (including phenoxy) is 1. The molecule has 88 valence electrons. The van der Waals surface area contributed by atoms with Gasteiger partial charge in [0.25, 0.3) is 5.24 Å². The van der Waals surface area contributed by atoms with E-state index in [1.165, 1.54) is 6.07 Å². The highest BCUT2D eigenvalue weighted by Gasteiger charge is 2.13. The zero-order valence-electron chi connectivity index (χ0n) is 8.87. The highest BCUT2D eigenvalue weighted by Crippen LogP contribution is 2.33. The van der Waals surface area contributed by atoms with Gasteiger partial charge in [0, 0.05) is 4.47 Å². The molecule has 5 heteroatoms. The molecule has 3 nitrogen and oxygen atoms in total. The standard InChI is InChI=1S/C12H8BrClO3/c1-16-11-6-7(13)2-3-8(11)9-4-5-10(17-9)12(14)15/h2-6H,1H3. The second-order valence-corrected chi connectivity index (χ2v) is 4.54. The minimum Gasteiger partial charge on any atom is -0.496 e. The Morgan fingerprint density at radius 1 is 1.35 bits per heavy atom. The average molecular weight is 316 g/mol. The summed E-state index contributed by atoms with van der Waals surface area (Å²) in [6, 6.07) is 8.74. The van der Waals surface area contributed by atoms with E-state index in [1.54, 1.807) is 13.2 Å². The lowest BCUT2D eigenvalue weighted by molar-refractivity contribution is 0.105. The largest absolute Gasteiger partial charge is 0.496 e. The third kappa shape index (κ3) is 2.53. The molecular weight excluding hydrogens is 307 g/mol. The van der Waals surface area contributed by atoms with Gasteiger partial charge in [-0.15, -0.1) is 0 Å². The average Bonchev–Trinajstić information content (AvgIpc) is 2.78. The van der Waals surface area contributed by atoms with E-state index in [2.05, 4.69) is 15.9 Å². The molecule has 0 aliphatic rings. The van der Waals surface area contributed by atoms with Crippen molar-refractivity contribution in [3.63, 3.8) is 0 Å². The first-order valence-electron chi connectivity index (χ1n) is 4.75. The molecule has 1 aromatic heterocycles. The van der Waals surface area contributed by atoms with Gasteiger partial charge in [0.1, 0.15) is 11.5 Å². The van der Waals surface area contributed by atoms with Crippen LogP contribution in [0.1, 0.15) is 10.6 Å². The maximum absolute atomic E-state index is 10.9. The van der Waals surface area contributed by atoms with E-state index in [4.69, 9.17) is 20.8 Å². The Labute approximate surface area is 111 Å². The van der Waals surface area contributed by atoms with Gasteiger partial charge in [-0.1, -0.05) is 15.9 Å². The van der Waals surface area contributed by atoms with Gasteiger partial charge >= 0.3 is 0 Å². The molecule has 1 heterocycles. The third-order valence-corrected chi connectivity index (χ3v) is 2.91. The second-order valence-electron chi connectivity index (χ2n) is 3.28. The summed E-state index contributed by atoms with van der Waals surface area (Å²) < 4.78 is 11.5. The van der Waals surface area contributed by atoms with E-state index < -0.39 is 5.24 Å². The number of carbonyl (C=O) groups is 1. The van der Waals surface area contributed by atoms with E-state index >= 15 is 0 Å². The summed E-state index contributed by atoms with van der Waals surface area (Å²) in [4.78, 5) is 10.9. The Kier molecular flexibility index (Phi) is 3.54. The number of hydrogen-bond donors (Lipinski definition) is 0. The van der Waals surface area contributed by atoms with Crippen LogP contribution in [0.3, 0.4) is 0 Å². The van der Waals surface area contributed by atoms with Crippen molar-refractivity contribution < 1.29 is 13.9 Å². The predicted octanol–water partition coefficient (Wildman–Crippen LogP) is 4.10. The van der Waals surface area contributed by atoms with Crippen LogP contribution in [0.25, 0.3) is 11.3 Å². The molecule has 0 radical (unpaired) electrons. The number of carbonyl (C=O) groups excluding carboxylic acids is 1. The van der Waals surface area contributed by atoms with Crippen LogP contribution < -0.4 is 4.74 Å². The van der Waals surface area contributed by atoms with Crippen LogP contribution in [0.2, 0.25) is 0 Å². The van der Waals surface area contributed by atoms with E-state index in [-0.39, 0.29) is 5.76 Å². The molecule has 0 fully saturated rings. The van der Waals surface area contributed by atoms with Gasteiger partial charge in [-0.2, -0.15) is 0 Å². The fraction of sp³-hybridized carbons (Fsp3) is 0.0833. The summed E-state index contributed by atoms with van der Waals surface area (Å²) in [5.74, 6) is 1.31. The first-order valence-corrected chi connectivity index (χ1v) is 5.92. The Bertz CT molecular complexity index is 563. The SMILES string of the molecule is COc1cc(Br)ccc1-c1ccc(C(=O)Cl)o1. The maximum atomic E-state index is 10.9. The zero-order chi connectivity index (χ0) is 12.4. The monoisotopic (exact) mass is 314 g/mol. The zero-order valence-corrected chi connectivity index (χ0v) is 11.2. The topological polar surface area (TPSA) is 39.4 Å². The first kappa shape index (κ1) is 12.2. The lowest BCUT2D eigenvalue weighted by atomic mass is 10.1. The Hall–Kier alpha value is -1.26. The summed E-state index contributed by atoms with van der Waals surface area (Å²) in [6.07, 6.45) is 0. The van der Waals surface area contributed by atoms with Crippen LogP contribution in [0, 0.1) is 0 Å². The minimum atomic E-state index is -0.618. The van der Waals surface area contributed by atoms with Crippen molar-refractivity contribution in [3.8, 4) is 17.1 Å². The van der Waals surface area contributed by atoms with Crippen LogP contribution >= 0.6 is 27.5 Å². The number of hydrogen-bond acceptors (Lipinski definition) is 3. The van der Waals surface area contributed by atoms with Crippen molar-refractivity contribution in [2.45, 2.75) is 0 Å². The number of halogens is 2. The van der Waals surface area contributed by atoms with Crippen LogP contribution in [0.4, 0.5) is 0 Å². The Balaban J connectivity index is 2.48. The normalized spacial score (nSPS) is 10.3. The highest BCUT2D eigenvalue weighted by atomic mass is 79.9. The van der Waals surface area contributed by atoms with Crippen molar-refractivity contribution in [3.05, 3.63) is 40.6 Å². The van der Waals surface area contributed by atoms with Crippen molar-refractivity contribution in [2.24, 2.45) is 0 Å². The highest BCUT2D eigenvalue weighted by molar-refractivity contribution is 9.10. The molecule has 17 heavy (non-hydrogen) atoms. The van der Waals surface area contributed by atoms with Gasteiger partial charge in [0.2, 0.25) is 0 Å². The number of methoxy groups -OCH3 is 1. The summed E-state index contributed by atoms with van der Waals surface area (Å²) in [7, 11) is 1.57. The van der Waals surface area contributed by atoms with E-state index in [9.17, 15) is 4.79 Å². The van der Waals surface area contributed by atoms with Gasteiger partial charge in [-0.25, -0.2) is 0 Å². The third-order valence-electron chi connectivity index (χ3n) is 2.23. The molecule has 0 saturated heterocycles. The van der Waals surface area contributed by atoms with Crippen LogP contribution in [-0.2, 0) is 0 Å². The molecule has 0 aliphatic carbocycles. The summed E-state index contributed by atoms with van der Waals surface area (Å²) in [5, 5.41) is -0.618. The molecule has 0 N–H and O–H groups in total. The molecule has 0 saturated carbocycles. The molecule has 0 bridgehead atoms. The van der Waals surface area contributed by atoms with Crippen molar-refractivity contribution >= 4 is 32.8 Å². The van der Waals surface area contributed by atoms with E-state index in [0.717, 1.165) is 10.0 Å². The van der Waals surface area contributed by atoms with Gasteiger partial charge < -0.3 is 9.15 Å². The first-order chi connectivity index (χ1) is 8.11. The van der Waals surface area contributed by atoms with Gasteiger partial charge in [-0.05, 0) is 41.9 Å². The molecule has 0 unspecified atom stereocenters. The molecule has 0 amide bonds. The lowest BCUT2D eigenvalue weighted by Crippen LogP contribution is -1.87. The second kappa shape index (κ2) is 4.94. The van der Waals surface area contributed by atoms with Gasteiger partial charge in [0.15, 0.2) is 5.76 Å². The quantitative estimate of drug-likeness (QED) is 0.801. The smallest absolute Gasteiger partial charge is 0.287 e. The number of benzene rings is 1. The summed E-state index contributed by atoms with van der Waals surface area (Å²) >= 11 is 8.68. The van der Waals surface area contributed by atoms with E-state index in [0.29, 0.717) is 11.5 Å². The fourth-order valence-corrected chi connectivity index (χ4v) is 1.90. The van der Waals surface area contributed by atoms with E-state index in [1.807, 2.05) is 18.2 Å². The molecule has 1 aromatic carbocycles. The molecule has 0 spiro atoms. The molecule has 0 aliphatic heterocycles. The minimum absolute atomic E-state index is 0.117. The molecule has 0 atom stereocenters. The molecule has 2 rings (SSSR count). The summed E-state index contributed by atoms with van der Waals surface area (Å²) in [6.45, 7) is 0. The van der Waals surface area contributed by atoms with Crippen molar-refractivity contribution in [2.75, 3.05) is 7.11 Å². The summed E-state index contributed by atoms with van der Waals surface area (Å²) in [5.41, 5.74) is 0.764. The Morgan fingerprint density at radius 3 is 2.71 bits per heavy atom. The van der Waals surface area contributed by atoms with Crippen LogP contribution in [-0.4, -0.2) is 12.4 Å².